The highest BCUT2D eigenvalue weighted by atomic mass is 16.7. The van der Waals surface area contributed by atoms with Gasteiger partial charge in [-0.2, -0.15) is 0 Å². The average molecular weight is 834 g/mol. The van der Waals surface area contributed by atoms with Crippen LogP contribution in [0.2, 0.25) is 0 Å². The van der Waals surface area contributed by atoms with Gasteiger partial charge >= 0.3 is 12.2 Å². The predicted octanol–water partition coefficient (Wildman–Crippen LogP) is 7.45. The molecular formula is C46H55N7O8. The summed E-state index contributed by atoms with van der Waals surface area (Å²) in [7, 11) is 2.58. The lowest BCUT2D eigenvalue weighted by molar-refractivity contribution is -0.135. The van der Waals surface area contributed by atoms with Crippen LogP contribution in [0.3, 0.4) is 0 Å². The Kier molecular flexibility index (Phi) is 11.2. The Labute approximate surface area is 355 Å². The normalized spacial score (nSPS) is 19.9. The van der Waals surface area contributed by atoms with Crippen molar-refractivity contribution in [3.8, 4) is 33.8 Å². The van der Waals surface area contributed by atoms with Crippen molar-refractivity contribution in [2.24, 2.45) is 16.8 Å². The number of amides is 4. The molecule has 322 valence electrons. The number of aromatic nitrogens is 2. The van der Waals surface area contributed by atoms with Crippen molar-refractivity contribution >= 4 is 46.4 Å². The number of nitrogens with zero attached hydrogens (tertiary/aromatic N) is 4. The summed E-state index contributed by atoms with van der Waals surface area (Å²) in [6.07, 6.45) is 2.62. The molecule has 0 bridgehead atoms. The standard InChI is InChI=1S/C46H55N7O8/c1-24(2)37(50-44(56)58-7)42(54)52-19-9-11-35(52)34-23-28-14-13-26(21-32(28)47-34)29-16-17-30(40-39(29)60-46(5,6)61-40)27-15-18-31-33(22-27)49-41(48-31)36-12-10-20-53(36)43(55)38(25(3)4)51-45(57)59-8/h13-18,21-22,24-25,35-38H,9-12,19-20,23H2,1-8H3,(H,48,49)(H,50,56)(H,51,57)/t35-,36-,37-,38-/m0/s1. The van der Waals surface area contributed by atoms with Crippen LogP contribution in [-0.2, 0) is 25.5 Å². The minimum absolute atomic E-state index is 0.113. The summed E-state index contributed by atoms with van der Waals surface area (Å²) in [5, 5.41) is 5.44. The first kappa shape index (κ1) is 41.6. The van der Waals surface area contributed by atoms with E-state index in [9.17, 15) is 19.2 Å². The van der Waals surface area contributed by atoms with Gasteiger partial charge in [0.05, 0.1) is 43.0 Å². The summed E-state index contributed by atoms with van der Waals surface area (Å²) in [5.74, 6) is 0.539. The third-order valence-electron chi connectivity index (χ3n) is 12.2. The Morgan fingerprint density at radius 2 is 1.31 bits per heavy atom. The second-order valence-corrected chi connectivity index (χ2v) is 17.5. The summed E-state index contributed by atoms with van der Waals surface area (Å²) in [4.78, 5) is 68.9. The number of likely N-dealkylation sites (tertiary alicyclic amines) is 2. The molecular weight excluding hydrogens is 779 g/mol. The smallest absolute Gasteiger partial charge is 0.407 e. The highest BCUT2D eigenvalue weighted by molar-refractivity contribution is 6.01. The number of hydrogen-bond acceptors (Lipinski definition) is 10. The fraction of sp³-hybridized carbons (Fsp3) is 0.478. The Morgan fingerprint density at radius 1 is 0.770 bits per heavy atom. The molecule has 3 N–H and O–H groups in total. The van der Waals surface area contributed by atoms with Crippen LogP contribution in [0.15, 0.2) is 53.5 Å². The highest BCUT2D eigenvalue weighted by Gasteiger charge is 2.41. The number of aliphatic imine (C=N–C) groups is 1. The van der Waals surface area contributed by atoms with Gasteiger partial charge in [0.15, 0.2) is 11.5 Å². The van der Waals surface area contributed by atoms with Crippen molar-refractivity contribution in [1.29, 1.82) is 0 Å². The number of carbonyl (C=O) groups excluding carboxylic acids is 4. The molecule has 4 amide bonds. The molecule has 0 spiro atoms. The number of ether oxygens (including phenoxy) is 4. The Balaban J connectivity index is 1.06. The summed E-state index contributed by atoms with van der Waals surface area (Å²) < 4.78 is 22.6. The number of aromatic amines is 1. The van der Waals surface area contributed by atoms with Gasteiger partial charge in [-0.15, -0.1) is 0 Å². The maximum absolute atomic E-state index is 13.8. The van der Waals surface area contributed by atoms with E-state index in [4.69, 9.17) is 28.9 Å². The summed E-state index contributed by atoms with van der Waals surface area (Å²) in [6, 6.07) is 14.6. The molecule has 4 aliphatic heterocycles. The summed E-state index contributed by atoms with van der Waals surface area (Å²) in [6.45, 7) is 12.6. The molecule has 4 atom stereocenters. The number of H-pyrrole nitrogens is 1. The number of carbonyl (C=O) groups is 4. The van der Waals surface area contributed by atoms with Crippen molar-refractivity contribution in [1.82, 2.24) is 30.4 Å². The maximum atomic E-state index is 13.8. The van der Waals surface area contributed by atoms with Crippen molar-refractivity contribution < 1.29 is 38.1 Å². The van der Waals surface area contributed by atoms with Gasteiger partial charge in [-0.05, 0) is 84.5 Å². The van der Waals surface area contributed by atoms with Gasteiger partial charge < -0.3 is 44.4 Å². The van der Waals surface area contributed by atoms with Crippen LogP contribution >= 0.6 is 0 Å². The van der Waals surface area contributed by atoms with Crippen LogP contribution in [0.25, 0.3) is 33.3 Å². The van der Waals surface area contributed by atoms with Crippen LogP contribution in [0.5, 0.6) is 11.5 Å². The number of nitrogens with one attached hydrogen (secondary N) is 3. The zero-order valence-corrected chi connectivity index (χ0v) is 36.1. The fourth-order valence-corrected chi connectivity index (χ4v) is 9.10. The van der Waals surface area contributed by atoms with Crippen molar-refractivity contribution in [2.75, 3.05) is 27.3 Å². The molecule has 4 aliphatic rings. The van der Waals surface area contributed by atoms with E-state index >= 15 is 0 Å². The third-order valence-corrected chi connectivity index (χ3v) is 12.2. The summed E-state index contributed by atoms with van der Waals surface area (Å²) in [5.41, 5.74) is 8.07. The minimum Gasteiger partial charge on any atom is -0.453 e. The summed E-state index contributed by atoms with van der Waals surface area (Å²) >= 11 is 0. The number of benzene rings is 3. The van der Waals surface area contributed by atoms with Gasteiger partial charge in [0.1, 0.15) is 17.9 Å². The molecule has 4 aromatic rings. The van der Waals surface area contributed by atoms with Crippen molar-refractivity contribution in [2.45, 2.75) is 104 Å². The Hall–Kier alpha value is -6.12. The van der Waals surface area contributed by atoms with Crippen LogP contribution in [-0.4, -0.2) is 101 Å². The number of rotatable bonds is 10. The quantitative estimate of drug-likeness (QED) is 0.147. The van der Waals surface area contributed by atoms with E-state index in [1.54, 1.807) is 0 Å². The lowest BCUT2D eigenvalue weighted by atomic mass is 9.96. The zero-order chi connectivity index (χ0) is 43.3. The number of imidazole rings is 1. The van der Waals surface area contributed by atoms with Gasteiger partial charge in [-0.25, -0.2) is 14.6 Å². The molecule has 3 aromatic carbocycles. The van der Waals surface area contributed by atoms with Gasteiger partial charge in [-0.1, -0.05) is 45.9 Å². The SMILES string of the molecule is COC(=O)N[C@H](C(=O)N1CCC[C@H]1C1=Nc2cc(-c3ccc(-c4ccc5nc([C@@H]6CCCN6C(=O)[C@@H](NC(=O)OC)C(C)C)[nH]c5c4)c4c3OC(C)(C)O4)ccc2C1)C(C)C. The lowest BCUT2D eigenvalue weighted by Crippen LogP contribution is -2.53. The molecule has 8 rings (SSSR count). The second kappa shape index (κ2) is 16.4. The topological polar surface area (TPSA) is 177 Å². The monoisotopic (exact) mass is 833 g/mol. The Bertz CT molecular complexity index is 2420. The van der Waals surface area contributed by atoms with E-state index in [2.05, 4.69) is 39.9 Å². The molecule has 5 heterocycles. The van der Waals surface area contributed by atoms with Crippen LogP contribution in [0, 0.1) is 11.8 Å². The number of methoxy groups -OCH3 is 2. The van der Waals surface area contributed by atoms with Crippen LogP contribution in [0.4, 0.5) is 15.3 Å². The first-order valence-corrected chi connectivity index (χ1v) is 21.2. The third kappa shape index (κ3) is 7.97. The highest BCUT2D eigenvalue weighted by Crippen LogP contribution is 2.52. The number of fused-ring (bicyclic) bond motifs is 3. The average Bonchev–Trinajstić information content (AvgIpc) is 4.08. The van der Waals surface area contributed by atoms with E-state index in [1.807, 2.05) is 75.6 Å². The first-order chi connectivity index (χ1) is 29.2. The molecule has 61 heavy (non-hydrogen) atoms. The maximum Gasteiger partial charge on any atom is 0.407 e. The molecule has 0 aliphatic carbocycles. The van der Waals surface area contributed by atoms with E-state index < -0.39 is 30.1 Å². The molecule has 15 heteroatoms. The molecule has 0 unspecified atom stereocenters. The largest absolute Gasteiger partial charge is 0.453 e. The predicted molar refractivity (Wildman–Crippen MR) is 230 cm³/mol. The molecule has 15 nitrogen and oxygen atoms in total. The zero-order valence-electron chi connectivity index (χ0n) is 36.1. The molecule has 1 aromatic heterocycles. The fourth-order valence-electron chi connectivity index (χ4n) is 9.10. The van der Waals surface area contributed by atoms with Gasteiger partial charge in [0.25, 0.3) is 0 Å². The van der Waals surface area contributed by atoms with E-state index in [-0.39, 0.29) is 35.7 Å². The van der Waals surface area contributed by atoms with Crippen molar-refractivity contribution in [3.05, 3.63) is 59.9 Å². The van der Waals surface area contributed by atoms with Crippen LogP contribution in [0.1, 0.15) is 84.7 Å². The lowest BCUT2D eigenvalue weighted by Gasteiger charge is -2.30. The van der Waals surface area contributed by atoms with Gasteiger partial charge in [-0.3, -0.25) is 14.6 Å². The number of alkyl carbamates (subject to hydrolysis) is 2. The molecule has 2 saturated heterocycles. The van der Waals surface area contributed by atoms with E-state index in [0.29, 0.717) is 36.8 Å². The van der Waals surface area contributed by atoms with Crippen LogP contribution < -0.4 is 20.1 Å². The molecule has 0 saturated carbocycles. The number of hydrogen-bond donors (Lipinski definition) is 3. The minimum atomic E-state index is -0.912. The Morgan fingerprint density at radius 3 is 1.89 bits per heavy atom. The van der Waals surface area contributed by atoms with E-state index in [0.717, 1.165) is 75.9 Å². The molecule has 0 radical (unpaired) electrons. The molecule has 2 fully saturated rings. The first-order valence-electron chi connectivity index (χ1n) is 21.2. The van der Waals surface area contributed by atoms with Gasteiger partial charge in [0.2, 0.25) is 17.6 Å². The van der Waals surface area contributed by atoms with E-state index in [1.165, 1.54) is 14.2 Å². The second-order valence-electron chi connectivity index (χ2n) is 17.5. The van der Waals surface area contributed by atoms with Gasteiger partial charge in [0, 0.05) is 50.2 Å². The van der Waals surface area contributed by atoms with Crippen molar-refractivity contribution in [3.63, 3.8) is 0 Å².